The third kappa shape index (κ3) is 4.92. The van der Waals surface area contributed by atoms with Gasteiger partial charge in [0.2, 0.25) is 5.91 Å². The van der Waals surface area contributed by atoms with E-state index in [2.05, 4.69) is 10.4 Å². The Labute approximate surface area is 152 Å². The summed E-state index contributed by atoms with van der Waals surface area (Å²) in [4.78, 5) is 25.7. The van der Waals surface area contributed by atoms with Gasteiger partial charge in [-0.1, -0.05) is 24.3 Å². The van der Waals surface area contributed by atoms with Crippen LogP contribution < -0.4 is 5.32 Å². The van der Waals surface area contributed by atoms with Crippen LogP contribution in [0.5, 0.6) is 0 Å². The van der Waals surface area contributed by atoms with Crippen molar-refractivity contribution in [1.82, 2.24) is 20.0 Å². The van der Waals surface area contributed by atoms with Gasteiger partial charge in [-0.15, -0.1) is 0 Å². The van der Waals surface area contributed by atoms with Gasteiger partial charge in [0.15, 0.2) is 0 Å². The van der Waals surface area contributed by atoms with Crippen LogP contribution in [0.2, 0.25) is 0 Å². The number of hydrogen-bond acceptors (Lipinski definition) is 4. The number of nitrogens with one attached hydrogen (secondary N) is 1. The van der Waals surface area contributed by atoms with Crippen LogP contribution in [0.3, 0.4) is 0 Å². The fourth-order valence-electron chi connectivity index (χ4n) is 3.09. The first-order valence-electron chi connectivity index (χ1n) is 8.90. The van der Waals surface area contributed by atoms with Gasteiger partial charge in [-0.2, -0.15) is 5.10 Å². The molecule has 2 amide bonds. The smallest absolute Gasteiger partial charge is 0.251 e. The number of amides is 2. The first-order valence-corrected chi connectivity index (χ1v) is 8.90. The van der Waals surface area contributed by atoms with E-state index in [1.165, 1.54) is 4.90 Å². The Balaban J connectivity index is 1.52. The van der Waals surface area contributed by atoms with Crippen LogP contribution in [-0.4, -0.2) is 50.8 Å². The van der Waals surface area contributed by atoms with Crippen LogP contribution in [0.25, 0.3) is 0 Å². The minimum absolute atomic E-state index is 0.0110. The number of benzene rings is 1. The van der Waals surface area contributed by atoms with Crippen molar-refractivity contribution in [2.24, 2.45) is 0 Å². The molecular weight excluding hydrogens is 332 g/mol. The fraction of sp³-hybridized carbons (Fsp3) is 0.421. The SMILES string of the molecule is O=C(CN1CCCCC(O)C1=O)NCc1cccc(Cn2cccn2)c1. The van der Waals surface area contributed by atoms with Gasteiger partial charge in [0.25, 0.3) is 5.91 Å². The molecule has 0 radical (unpaired) electrons. The fourth-order valence-corrected chi connectivity index (χ4v) is 3.09. The molecule has 26 heavy (non-hydrogen) atoms. The van der Waals surface area contributed by atoms with Crippen LogP contribution in [0, 0.1) is 0 Å². The van der Waals surface area contributed by atoms with E-state index in [-0.39, 0.29) is 18.4 Å². The molecule has 1 saturated heterocycles. The van der Waals surface area contributed by atoms with Crippen molar-refractivity contribution in [3.05, 3.63) is 53.9 Å². The molecule has 1 aliphatic heterocycles. The van der Waals surface area contributed by atoms with Gasteiger partial charge in [0, 0.05) is 25.5 Å². The van der Waals surface area contributed by atoms with Gasteiger partial charge in [0.05, 0.1) is 13.1 Å². The summed E-state index contributed by atoms with van der Waals surface area (Å²) in [5.74, 6) is -0.566. The summed E-state index contributed by atoms with van der Waals surface area (Å²) in [6, 6.07) is 9.83. The second-order valence-corrected chi connectivity index (χ2v) is 6.57. The molecule has 1 aromatic carbocycles. The summed E-state index contributed by atoms with van der Waals surface area (Å²) < 4.78 is 1.84. The molecule has 0 bridgehead atoms. The molecule has 1 atom stereocenters. The second kappa shape index (κ2) is 8.62. The summed E-state index contributed by atoms with van der Waals surface area (Å²) in [5, 5.41) is 16.8. The number of hydrogen-bond donors (Lipinski definition) is 2. The summed E-state index contributed by atoms with van der Waals surface area (Å²) in [5.41, 5.74) is 2.09. The third-order valence-corrected chi connectivity index (χ3v) is 4.47. The molecule has 7 nitrogen and oxygen atoms in total. The van der Waals surface area contributed by atoms with Crippen LogP contribution in [0.15, 0.2) is 42.7 Å². The maximum absolute atomic E-state index is 12.2. The maximum Gasteiger partial charge on any atom is 0.251 e. The van der Waals surface area contributed by atoms with Gasteiger partial charge >= 0.3 is 0 Å². The highest BCUT2D eigenvalue weighted by atomic mass is 16.3. The largest absolute Gasteiger partial charge is 0.383 e. The second-order valence-electron chi connectivity index (χ2n) is 6.57. The number of aromatic nitrogens is 2. The topological polar surface area (TPSA) is 87.5 Å². The average molecular weight is 356 g/mol. The summed E-state index contributed by atoms with van der Waals surface area (Å²) in [6.07, 6.45) is 4.75. The van der Waals surface area contributed by atoms with E-state index < -0.39 is 6.10 Å². The van der Waals surface area contributed by atoms with E-state index in [0.717, 1.165) is 24.0 Å². The Bertz CT molecular complexity index is 745. The Morgan fingerprint density at radius 1 is 1.27 bits per heavy atom. The maximum atomic E-state index is 12.2. The number of likely N-dealkylation sites (tertiary alicyclic amines) is 1. The number of carbonyl (C=O) groups is 2. The first-order chi connectivity index (χ1) is 12.6. The normalized spacial score (nSPS) is 17.8. The molecule has 3 rings (SSSR count). The highest BCUT2D eigenvalue weighted by molar-refractivity contribution is 5.87. The quantitative estimate of drug-likeness (QED) is 0.806. The van der Waals surface area contributed by atoms with Gasteiger partial charge in [-0.25, -0.2) is 0 Å². The molecule has 1 aromatic heterocycles. The highest BCUT2D eigenvalue weighted by Crippen LogP contribution is 2.12. The van der Waals surface area contributed by atoms with Gasteiger partial charge in [-0.05, 0) is 36.5 Å². The zero-order valence-corrected chi connectivity index (χ0v) is 14.7. The lowest BCUT2D eigenvalue weighted by Gasteiger charge is -2.21. The van der Waals surface area contributed by atoms with Gasteiger partial charge in [-0.3, -0.25) is 14.3 Å². The van der Waals surface area contributed by atoms with E-state index in [9.17, 15) is 14.7 Å². The van der Waals surface area contributed by atoms with E-state index in [1.54, 1.807) is 6.20 Å². The van der Waals surface area contributed by atoms with Gasteiger partial charge in [0.1, 0.15) is 6.10 Å². The number of aliphatic hydroxyl groups is 1. The average Bonchev–Trinajstić information content (AvgIpc) is 3.09. The molecule has 138 valence electrons. The standard InChI is InChI=1S/C19H24N4O3/c24-17-7-1-2-9-22(19(17)26)14-18(25)20-12-15-5-3-6-16(11-15)13-23-10-4-8-21-23/h3-6,8,10-11,17,24H,1-2,7,9,12-14H2,(H,20,25). The summed E-state index contributed by atoms with van der Waals surface area (Å²) >= 11 is 0. The lowest BCUT2D eigenvalue weighted by atomic mass is 10.1. The molecular formula is C19H24N4O3. The van der Waals surface area contributed by atoms with E-state index in [1.807, 2.05) is 41.2 Å². The van der Waals surface area contributed by atoms with Crippen LogP contribution in [-0.2, 0) is 22.7 Å². The van der Waals surface area contributed by atoms with E-state index in [4.69, 9.17) is 0 Å². The Kier molecular flexibility index (Phi) is 6.01. The van der Waals surface area contributed by atoms with Crippen molar-refractivity contribution in [3.63, 3.8) is 0 Å². The number of rotatable bonds is 6. The molecule has 1 aliphatic rings. The van der Waals surface area contributed by atoms with Crippen molar-refractivity contribution in [3.8, 4) is 0 Å². The molecule has 2 heterocycles. The van der Waals surface area contributed by atoms with Crippen LogP contribution >= 0.6 is 0 Å². The highest BCUT2D eigenvalue weighted by Gasteiger charge is 2.26. The van der Waals surface area contributed by atoms with Crippen molar-refractivity contribution in [2.45, 2.75) is 38.5 Å². The third-order valence-electron chi connectivity index (χ3n) is 4.47. The van der Waals surface area contributed by atoms with E-state index >= 15 is 0 Å². The zero-order valence-electron chi connectivity index (χ0n) is 14.7. The summed E-state index contributed by atoms with van der Waals surface area (Å²) in [7, 11) is 0. The van der Waals surface area contributed by atoms with Crippen LogP contribution in [0.4, 0.5) is 0 Å². The van der Waals surface area contributed by atoms with Crippen LogP contribution in [0.1, 0.15) is 30.4 Å². The lowest BCUT2D eigenvalue weighted by molar-refractivity contribution is -0.142. The zero-order chi connectivity index (χ0) is 18.4. The molecule has 0 spiro atoms. The first kappa shape index (κ1) is 18.1. The lowest BCUT2D eigenvalue weighted by Crippen LogP contribution is -2.44. The van der Waals surface area contributed by atoms with Crippen molar-refractivity contribution in [1.29, 1.82) is 0 Å². The molecule has 2 N–H and O–H groups in total. The van der Waals surface area contributed by atoms with Crippen molar-refractivity contribution >= 4 is 11.8 Å². The Morgan fingerprint density at radius 2 is 2.12 bits per heavy atom. The minimum Gasteiger partial charge on any atom is -0.383 e. The van der Waals surface area contributed by atoms with Gasteiger partial charge < -0.3 is 15.3 Å². The Hall–Kier alpha value is -2.67. The number of aliphatic hydroxyl groups excluding tert-OH is 1. The van der Waals surface area contributed by atoms with E-state index in [0.29, 0.717) is 26.1 Å². The summed E-state index contributed by atoms with van der Waals surface area (Å²) in [6.45, 7) is 1.58. The van der Waals surface area contributed by atoms with Crippen molar-refractivity contribution < 1.29 is 14.7 Å². The number of nitrogens with zero attached hydrogens (tertiary/aromatic N) is 3. The molecule has 0 saturated carbocycles. The molecule has 0 aliphatic carbocycles. The monoisotopic (exact) mass is 356 g/mol. The molecule has 2 aromatic rings. The molecule has 1 fully saturated rings. The number of carbonyl (C=O) groups excluding carboxylic acids is 2. The molecule has 1 unspecified atom stereocenters. The molecule has 7 heteroatoms. The minimum atomic E-state index is -0.982. The predicted molar refractivity (Wildman–Crippen MR) is 96.1 cm³/mol. The predicted octanol–water partition coefficient (Wildman–Crippen LogP) is 0.921. The Morgan fingerprint density at radius 3 is 2.92 bits per heavy atom. The van der Waals surface area contributed by atoms with Crippen molar-refractivity contribution in [2.75, 3.05) is 13.1 Å².